The zero-order chi connectivity index (χ0) is 13.6. The average Bonchev–Trinajstić information content (AvgIpc) is 2.76. The predicted octanol–water partition coefficient (Wildman–Crippen LogP) is 3.13. The maximum Gasteiger partial charge on any atom is 0.138 e. The van der Waals surface area contributed by atoms with Gasteiger partial charge in [-0.3, -0.25) is 0 Å². The van der Waals surface area contributed by atoms with Crippen LogP contribution in [0.3, 0.4) is 0 Å². The van der Waals surface area contributed by atoms with E-state index in [2.05, 4.69) is 16.9 Å². The van der Waals surface area contributed by atoms with Gasteiger partial charge in [0.2, 0.25) is 0 Å². The quantitative estimate of drug-likeness (QED) is 0.583. The summed E-state index contributed by atoms with van der Waals surface area (Å²) in [5, 5.41) is 9.49. The molecule has 0 spiro atoms. The van der Waals surface area contributed by atoms with Crippen LogP contribution >= 0.6 is 0 Å². The molecule has 19 heavy (non-hydrogen) atoms. The van der Waals surface area contributed by atoms with Crippen LogP contribution in [-0.2, 0) is 0 Å². The smallest absolute Gasteiger partial charge is 0.138 e. The van der Waals surface area contributed by atoms with Crippen LogP contribution in [0.4, 0.5) is 5.69 Å². The Bertz CT molecular complexity index is 774. The monoisotopic (exact) mass is 253 g/mol. The Kier molecular flexibility index (Phi) is 2.45. The first-order chi connectivity index (χ1) is 9.04. The second-order valence-electron chi connectivity index (χ2n) is 4.80. The van der Waals surface area contributed by atoms with Crippen molar-refractivity contribution in [3.8, 4) is 17.1 Å². The molecule has 96 valence electrons. The van der Waals surface area contributed by atoms with Crippen molar-refractivity contribution in [1.82, 2.24) is 9.97 Å². The lowest BCUT2D eigenvalue weighted by molar-refractivity contribution is 0.476. The molecule has 0 fully saturated rings. The minimum atomic E-state index is 0.225. The second-order valence-corrected chi connectivity index (χ2v) is 4.80. The summed E-state index contributed by atoms with van der Waals surface area (Å²) in [6, 6.07) is 8.96. The van der Waals surface area contributed by atoms with Crippen LogP contribution in [0.1, 0.15) is 11.1 Å². The van der Waals surface area contributed by atoms with E-state index in [-0.39, 0.29) is 5.75 Å². The number of benzene rings is 2. The van der Waals surface area contributed by atoms with E-state index in [1.54, 1.807) is 18.2 Å². The van der Waals surface area contributed by atoms with Gasteiger partial charge < -0.3 is 15.8 Å². The van der Waals surface area contributed by atoms with Crippen molar-refractivity contribution < 1.29 is 5.11 Å². The van der Waals surface area contributed by atoms with Gasteiger partial charge in [0.1, 0.15) is 11.6 Å². The first kappa shape index (κ1) is 11.6. The molecular formula is C15H15N3O. The number of anilines is 1. The van der Waals surface area contributed by atoms with Gasteiger partial charge in [0, 0.05) is 17.3 Å². The first-order valence-corrected chi connectivity index (χ1v) is 6.10. The summed E-state index contributed by atoms with van der Waals surface area (Å²) in [5.74, 6) is 0.997. The number of rotatable bonds is 1. The van der Waals surface area contributed by atoms with E-state index in [4.69, 9.17) is 5.73 Å². The lowest BCUT2D eigenvalue weighted by Crippen LogP contribution is -1.93. The zero-order valence-electron chi connectivity index (χ0n) is 10.9. The fourth-order valence-corrected chi connectivity index (χ4v) is 2.26. The van der Waals surface area contributed by atoms with Crippen LogP contribution in [0, 0.1) is 13.8 Å². The molecule has 0 aliphatic carbocycles. The van der Waals surface area contributed by atoms with E-state index in [9.17, 15) is 5.11 Å². The summed E-state index contributed by atoms with van der Waals surface area (Å²) >= 11 is 0. The fourth-order valence-electron chi connectivity index (χ4n) is 2.26. The van der Waals surface area contributed by atoms with Crippen molar-refractivity contribution in [1.29, 1.82) is 0 Å². The van der Waals surface area contributed by atoms with Crippen molar-refractivity contribution in [3.05, 3.63) is 41.5 Å². The van der Waals surface area contributed by atoms with Crippen LogP contribution in [0.15, 0.2) is 30.3 Å². The number of nitrogen functional groups attached to an aromatic ring is 1. The molecule has 0 unspecified atom stereocenters. The lowest BCUT2D eigenvalue weighted by Gasteiger charge is -2.07. The summed E-state index contributed by atoms with van der Waals surface area (Å²) in [4.78, 5) is 7.77. The van der Waals surface area contributed by atoms with Gasteiger partial charge in [-0.2, -0.15) is 0 Å². The summed E-state index contributed by atoms with van der Waals surface area (Å²) in [7, 11) is 0. The highest BCUT2D eigenvalue weighted by Crippen LogP contribution is 2.28. The number of imidazole rings is 1. The standard InChI is InChI=1S/C15H15N3O/c1-8-5-10(16)6-12(9(8)2)15-17-13-4-3-11(19)7-14(13)18-15/h3-7,19H,16H2,1-2H3,(H,17,18). The van der Waals surface area contributed by atoms with Crippen LogP contribution < -0.4 is 5.73 Å². The molecule has 0 amide bonds. The van der Waals surface area contributed by atoms with E-state index in [1.165, 1.54) is 0 Å². The van der Waals surface area contributed by atoms with Gasteiger partial charge in [-0.25, -0.2) is 4.98 Å². The molecule has 0 aliphatic heterocycles. The molecular weight excluding hydrogens is 238 g/mol. The zero-order valence-corrected chi connectivity index (χ0v) is 10.9. The van der Waals surface area contributed by atoms with Gasteiger partial charge >= 0.3 is 0 Å². The summed E-state index contributed by atoms with van der Waals surface area (Å²) in [6.07, 6.45) is 0. The number of aryl methyl sites for hydroxylation is 1. The van der Waals surface area contributed by atoms with Crippen LogP contribution in [0.5, 0.6) is 5.75 Å². The van der Waals surface area contributed by atoms with E-state index in [0.29, 0.717) is 0 Å². The van der Waals surface area contributed by atoms with E-state index < -0.39 is 0 Å². The van der Waals surface area contributed by atoms with Gasteiger partial charge in [0.05, 0.1) is 11.0 Å². The number of H-pyrrole nitrogens is 1. The molecule has 0 aliphatic rings. The van der Waals surface area contributed by atoms with Crippen LogP contribution in [0.2, 0.25) is 0 Å². The lowest BCUT2D eigenvalue weighted by atomic mass is 10.0. The van der Waals surface area contributed by atoms with Gasteiger partial charge in [0.15, 0.2) is 0 Å². The van der Waals surface area contributed by atoms with Gasteiger partial charge in [-0.1, -0.05) is 0 Å². The number of nitrogens with two attached hydrogens (primary N) is 1. The number of aromatic amines is 1. The Labute approximate surface area is 110 Å². The van der Waals surface area contributed by atoms with E-state index in [1.807, 2.05) is 19.1 Å². The molecule has 2 aromatic carbocycles. The highest BCUT2D eigenvalue weighted by Gasteiger charge is 2.10. The molecule has 1 heterocycles. The molecule has 1 aromatic heterocycles. The number of phenolic OH excluding ortho intramolecular Hbond substituents is 1. The molecule has 0 saturated heterocycles. The maximum atomic E-state index is 9.49. The largest absolute Gasteiger partial charge is 0.508 e. The third-order valence-corrected chi connectivity index (χ3v) is 3.41. The Morgan fingerprint density at radius 3 is 2.74 bits per heavy atom. The molecule has 0 bridgehead atoms. The number of hydrogen-bond donors (Lipinski definition) is 3. The number of hydrogen-bond acceptors (Lipinski definition) is 3. The molecule has 4 heteroatoms. The Balaban J connectivity index is 2.24. The minimum Gasteiger partial charge on any atom is -0.508 e. The third-order valence-electron chi connectivity index (χ3n) is 3.41. The minimum absolute atomic E-state index is 0.225. The number of aromatic nitrogens is 2. The van der Waals surface area contributed by atoms with Crippen molar-refractivity contribution in [2.75, 3.05) is 5.73 Å². The van der Waals surface area contributed by atoms with Crippen molar-refractivity contribution >= 4 is 16.7 Å². The van der Waals surface area contributed by atoms with Crippen molar-refractivity contribution in [3.63, 3.8) is 0 Å². The highest BCUT2D eigenvalue weighted by atomic mass is 16.3. The topological polar surface area (TPSA) is 74.9 Å². The molecule has 3 aromatic rings. The Morgan fingerprint density at radius 1 is 1.16 bits per heavy atom. The molecule has 4 nitrogen and oxygen atoms in total. The first-order valence-electron chi connectivity index (χ1n) is 6.10. The Hall–Kier alpha value is -2.49. The Morgan fingerprint density at radius 2 is 1.95 bits per heavy atom. The van der Waals surface area contributed by atoms with Gasteiger partial charge in [-0.05, 0) is 49.2 Å². The number of nitrogens with zero attached hydrogens (tertiary/aromatic N) is 1. The number of nitrogens with one attached hydrogen (secondary N) is 1. The van der Waals surface area contributed by atoms with Gasteiger partial charge in [-0.15, -0.1) is 0 Å². The van der Waals surface area contributed by atoms with Crippen LogP contribution in [-0.4, -0.2) is 15.1 Å². The molecule has 0 atom stereocenters. The van der Waals surface area contributed by atoms with Crippen LogP contribution in [0.25, 0.3) is 22.4 Å². The summed E-state index contributed by atoms with van der Waals surface area (Å²) < 4.78 is 0. The van der Waals surface area contributed by atoms with Crippen molar-refractivity contribution in [2.45, 2.75) is 13.8 Å². The summed E-state index contributed by atoms with van der Waals surface area (Å²) in [5.41, 5.74) is 11.5. The number of aromatic hydroxyl groups is 1. The molecule has 4 N–H and O–H groups in total. The molecule has 3 rings (SSSR count). The third kappa shape index (κ3) is 1.91. The normalized spacial score (nSPS) is 11.1. The second kappa shape index (κ2) is 4.02. The number of fused-ring (bicyclic) bond motifs is 1. The highest BCUT2D eigenvalue weighted by molar-refractivity contribution is 5.82. The predicted molar refractivity (Wildman–Crippen MR) is 77.1 cm³/mol. The SMILES string of the molecule is Cc1cc(N)cc(-c2nc3ccc(O)cc3[nH]2)c1C. The maximum absolute atomic E-state index is 9.49. The average molecular weight is 253 g/mol. The molecule has 0 saturated carbocycles. The fraction of sp³-hybridized carbons (Fsp3) is 0.133. The van der Waals surface area contributed by atoms with Gasteiger partial charge in [0.25, 0.3) is 0 Å². The molecule has 0 radical (unpaired) electrons. The summed E-state index contributed by atoms with van der Waals surface area (Å²) in [6.45, 7) is 4.08. The number of phenols is 1. The van der Waals surface area contributed by atoms with E-state index in [0.717, 1.165) is 39.2 Å². The van der Waals surface area contributed by atoms with Crippen molar-refractivity contribution in [2.24, 2.45) is 0 Å². The van der Waals surface area contributed by atoms with E-state index >= 15 is 0 Å².